The van der Waals surface area contributed by atoms with E-state index in [0.717, 1.165) is 24.0 Å². The van der Waals surface area contributed by atoms with Gasteiger partial charge in [0.05, 0.1) is 7.11 Å². The molecule has 0 fully saturated rings. The number of rotatable bonds is 9. The van der Waals surface area contributed by atoms with Gasteiger partial charge < -0.3 is 14.0 Å². The van der Waals surface area contributed by atoms with E-state index in [9.17, 15) is 9.59 Å². The molecule has 1 heterocycles. The summed E-state index contributed by atoms with van der Waals surface area (Å²) >= 11 is 6.17. The van der Waals surface area contributed by atoms with Crippen molar-refractivity contribution in [2.45, 2.75) is 32.3 Å². The number of methoxy groups -OCH3 is 1. The zero-order valence-electron chi connectivity index (χ0n) is 18.4. The van der Waals surface area contributed by atoms with Gasteiger partial charge in [0.2, 0.25) is 0 Å². The summed E-state index contributed by atoms with van der Waals surface area (Å²) in [5.41, 5.74) is 3.39. The Morgan fingerprint density at radius 2 is 1.94 bits per heavy atom. The van der Waals surface area contributed by atoms with Crippen LogP contribution in [-0.4, -0.2) is 24.3 Å². The third kappa shape index (κ3) is 6.95. The fraction of sp³-hybridized carbons (Fsp3) is 0.240. The maximum Gasteiger partial charge on any atom is 0.412 e. The van der Waals surface area contributed by atoms with Gasteiger partial charge in [-0.15, -0.1) is 0 Å². The highest BCUT2D eigenvalue weighted by molar-refractivity contribution is 6.31. The number of nitrogens with one attached hydrogen (secondary N) is 1. The van der Waals surface area contributed by atoms with Gasteiger partial charge in [-0.25, -0.2) is 4.79 Å². The molecule has 1 aromatic heterocycles. The van der Waals surface area contributed by atoms with Crippen LogP contribution in [0.1, 0.15) is 43.4 Å². The Morgan fingerprint density at radius 1 is 1.18 bits per heavy atom. The highest BCUT2D eigenvalue weighted by atomic mass is 35.5. The van der Waals surface area contributed by atoms with E-state index in [4.69, 9.17) is 20.9 Å². The van der Waals surface area contributed by atoms with Crippen molar-refractivity contribution in [3.05, 3.63) is 77.0 Å². The number of hydrogen-bond donors (Lipinski definition) is 1. The summed E-state index contributed by atoms with van der Waals surface area (Å²) in [5.74, 6) is -0.202. The van der Waals surface area contributed by atoms with Gasteiger partial charge in [0.25, 0.3) is 0 Å². The summed E-state index contributed by atoms with van der Waals surface area (Å²) in [7, 11) is 1.39. The number of halogens is 1. The lowest BCUT2D eigenvalue weighted by atomic mass is 10.1. The Labute approximate surface area is 197 Å². The van der Waals surface area contributed by atoms with E-state index in [1.165, 1.54) is 13.4 Å². The van der Waals surface area contributed by atoms with Crippen molar-refractivity contribution < 1.29 is 23.6 Å². The smallest absolute Gasteiger partial charge is 0.412 e. The molecule has 0 bridgehead atoms. The molecular formula is C25H25ClN2O5. The van der Waals surface area contributed by atoms with E-state index >= 15 is 0 Å². The molecule has 0 aliphatic rings. The van der Waals surface area contributed by atoms with Crippen molar-refractivity contribution in [2.24, 2.45) is 0 Å². The minimum absolute atomic E-state index is 0.202. The number of aromatic nitrogens is 1. The molecule has 0 aliphatic carbocycles. The van der Waals surface area contributed by atoms with Crippen molar-refractivity contribution >= 4 is 35.4 Å². The number of carbonyl (C=O) groups excluding carboxylic acids is 2. The minimum Gasteiger partial charge on any atom is -0.469 e. The third-order valence-electron chi connectivity index (χ3n) is 4.91. The molecule has 172 valence electrons. The Kier molecular flexibility index (Phi) is 8.66. The molecule has 33 heavy (non-hydrogen) atoms. The standard InChI is InChI=1S/C25H25ClN2O5/c1-17(20-9-6-7-10-21(20)26)33-25(30)27-22-16-32-28-24(22)19-14-12-18(13-15-19)8-4-3-5-11-23(29)31-2/h4,6-10,12-17H,3,5,11H2,1-2H3,(H,27,30). The molecule has 7 nitrogen and oxygen atoms in total. The van der Waals surface area contributed by atoms with E-state index < -0.39 is 12.2 Å². The monoisotopic (exact) mass is 468 g/mol. The number of amides is 1. The number of carbonyl (C=O) groups is 2. The summed E-state index contributed by atoms with van der Waals surface area (Å²) in [6, 6.07) is 14.8. The number of esters is 1. The molecule has 1 N–H and O–H groups in total. The molecule has 3 rings (SSSR count). The SMILES string of the molecule is COC(=O)CCCC=Cc1ccc(-c2nocc2NC(=O)OC(C)c2ccccc2Cl)cc1. The van der Waals surface area contributed by atoms with Crippen LogP contribution in [-0.2, 0) is 14.3 Å². The van der Waals surface area contributed by atoms with Crippen LogP contribution in [0.3, 0.4) is 0 Å². The van der Waals surface area contributed by atoms with Crippen molar-refractivity contribution in [3.63, 3.8) is 0 Å². The number of ether oxygens (including phenoxy) is 2. The molecule has 0 aliphatic heterocycles. The summed E-state index contributed by atoms with van der Waals surface area (Å²) in [5, 5.41) is 7.21. The predicted octanol–water partition coefficient (Wildman–Crippen LogP) is 6.66. The van der Waals surface area contributed by atoms with Crippen LogP contribution in [0, 0.1) is 0 Å². The second-order valence-electron chi connectivity index (χ2n) is 7.26. The number of hydrogen-bond acceptors (Lipinski definition) is 6. The topological polar surface area (TPSA) is 90.7 Å². The number of allylic oxidation sites excluding steroid dienone is 1. The minimum atomic E-state index is -0.640. The zero-order chi connectivity index (χ0) is 23.6. The molecule has 0 radical (unpaired) electrons. The number of anilines is 1. The number of unbranched alkanes of at least 4 members (excludes halogenated alkanes) is 1. The molecule has 2 aromatic carbocycles. The Hall–Kier alpha value is -3.58. The first-order valence-corrected chi connectivity index (χ1v) is 10.9. The zero-order valence-corrected chi connectivity index (χ0v) is 19.2. The fourth-order valence-electron chi connectivity index (χ4n) is 3.14. The van der Waals surface area contributed by atoms with Gasteiger partial charge in [0, 0.05) is 22.6 Å². The van der Waals surface area contributed by atoms with Gasteiger partial charge in [-0.2, -0.15) is 0 Å². The second kappa shape index (κ2) is 11.9. The highest BCUT2D eigenvalue weighted by Crippen LogP contribution is 2.29. The van der Waals surface area contributed by atoms with Crippen molar-refractivity contribution in [1.29, 1.82) is 0 Å². The van der Waals surface area contributed by atoms with Crippen LogP contribution < -0.4 is 5.32 Å². The van der Waals surface area contributed by atoms with Crippen LogP contribution >= 0.6 is 11.6 Å². The summed E-state index contributed by atoms with van der Waals surface area (Å²) in [6.45, 7) is 1.75. The lowest BCUT2D eigenvalue weighted by Crippen LogP contribution is -2.16. The highest BCUT2D eigenvalue weighted by Gasteiger charge is 2.18. The van der Waals surface area contributed by atoms with E-state index in [-0.39, 0.29) is 5.97 Å². The molecule has 0 saturated carbocycles. The number of benzene rings is 2. The van der Waals surface area contributed by atoms with E-state index in [2.05, 4.69) is 15.2 Å². The van der Waals surface area contributed by atoms with Crippen molar-refractivity contribution in [1.82, 2.24) is 5.16 Å². The first-order chi connectivity index (χ1) is 16.0. The predicted molar refractivity (Wildman–Crippen MR) is 127 cm³/mol. The van der Waals surface area contributed by atoms with Crippen LogP contribution in [0.5, 0.6) is 0 Å². The molecule has 1 amide bonds. The van der Waals surface area contributed by atoms with Crippen LogP contribution in [0.2, 0.25) is 5.02 Å². The molecule has 3 aromatic rings. The lowest BCUT2D eigenvalue weighted by molar-refractivity contribution is -0.140. The van der Waals surface area contributed by atoms with Gasteiger partial charge in [-0.05, 0) is 31.4 Å². The number of nitrogens with zero attached hydrogens (tertiary/aromatic N) is 1. The summed E-state index contributed by atoms with van der Waals surface area (Å²) in [6.07, 6.45) is 6.10. The Morgan fingerprint density at radius 3 is 2.67 bits per heavy atom. The van der Waals surface area contributed by atoms with Crippen molar-refractivity contribution in [3.8, 4) is 11.3 Å². The third-order valence-corrected chi connectivity index (χ3v) is 5.25. The van der Waals surface area contributed by atoms with Gasteiger partial charge in [-0.1, -0.05) is 71.4 Å². The normalized spacial score (nSPS) is 11.8. The Bertz CT molecular complexity index is 1110. The summed E-state index contributed by atoms with van der Waals surface area (Å²) < 4.78 is 15.1. The largest absolute Gasteiger partial charge is 0.469 e. The van der Waals surface area contributed by atoms with E-state index in [0.29, 0.717) is 28.4 Å². The Balaban J connectivity index is 1.58. The van der Waals surface area contributed by atoms with Gasteiger partial charge in [0.15, 0.2) is 0 Å². The first-order valence-electron chi connectivity index (χ1n) is 10.5. The molecule has 1 unspecified atom stereocenters. The molecular weight excluding hydrogens is 444 g/mol. The van der Waals surface area contributed by atoms with Gasteiger partial charge in [-0.3, -0.25) is 10.1 Å². The van der Waals surface area contributed by atoms with Gasteiger partial charge >= 0.3 is 12.1 Å². The van der Waals surface area contributed by atoms with Gasteiger partial charge in [0.1, 0.15) is 23.7 Å². The van der Waals surface area contributed by atoms with E-state index in [1.807, 2.05) is 48.6 Å². The quantitative estimate of drug-likeness (QED) is 0.279. The van der Waals surface area contributed by atoms with Crippen LogP contribution in [0.4, 0.5) is 10.5 Å². The average Bonchev–Trinajstić information content (AvgIpc) is 3.27. The molecule has 1 atom stereocenters. The lowest BCUT2D eigenvalue weighted by Gasteiger charge is -2.15. The molecule has 0 spiro atoms. The molecule has 8 heteroatoms. The van der Waals surface area contributed by atoms with Crippen LogP contribution in [0.15, 0.2) is 65.4 Å². The fourth-order valence-corrected chi connectivity index (χ4v) is 3.43. The summed E-state index contributed by atoms with van der Waals surface area (Å²) in [4.78, 5) is 23.5. The average molecular weight is 469 g/mol. The maximum atomic E-state index is 12.4. The molecule has 0 saturated heterocycles. The van der Waals surface area contributed by atoms with Crippen molar-refractivity contribution in [2.75, 3.05) is 12.4 Å². The first kappa shape index (κ1) is 24.1. The second-order valence-corrected chi connectivity index (χ2v) is 7.67. The maximum absolute atomic E-state index is 12.4. The van der Waals surface area contributed by atoms with E-state index in [1.54, 1.807) is 19.1 Å². The van der Waals surface area contributed by atoms with Crippen LogP contribution in [0.25, 0.3) is 17.3 Å².